The van der Waals surface area contributed by atoms with Gasteiger partial charge >= 0.3 is 0 Å². The highest BCUT2D eigenvalue weighted by Gasteiger charge is 2.18. The average Bonchev–Trinajstić information content (AvgIpc) is 2.97. The number of aromatic nitrogens is 1. The average molecular weight is 486 g/mol. The molecule has 0 saturated heterocycles. The first kappa shape index (κ1) is 22.4. The molecule has 0 unspecified atom stereocenters. The van der Waals surface area contributed by atoms with Gasteiger partial charge < -0.3 is 0 Å². The van der Waals surface area contributed by atoms with Crippen molar-refractivity contribution in [2.75, 3.05) is 0 Å². The molecule has 38 heavy (non-hydrogen) atoms. The zero-order valence-corrected chi connectivity index (χ0v) is 21.6. The van der Waals surface area contributed by atoms with Gasteiger partial charge in [-0.05, 0) is 97.2 Å². The summed E-state index contributed by atoms with van der Waals surface area (Å²) in [5.74, 6) is 0. The topological polar surface area (TPSA) is 12.9 Å². The van der Waals surface area contributed by atoms with Crippen molar-refractivity contribution in [2.45, 2.75) is 13.8 Å². The van der Waals surface area contributed by atoms with Crippen LogP contribution in [0.25, 0.3) is 65.7 Å². The lowest BCUT2D eigenvalue weighted by atomic mass is 9.84. The summed E-state index contributed by atoms with van der Waals surface area (Å²) < 4.78 is 0. The van der Waals surface area contributed by atoms with Crippen molar-refractivity contribution < 1.29 is 0 Å². The van der Waals surface area contributed by atoms with Crippen LogP contribution in [0.4, 0.5) is 0 Å². The number of benzene rings is 6. The van der Waals surface area contributed by atoms with Crippen LogP contribution in [0.1, 0.15) is 11.3 Å². The predicted octanol–water partition coefficient (Wildman–Crippen LogP) is 10.2. The van der Waals surface area contributed by atoms with Gasteiger partial charge in [-0.1, -0.05) is 109 Å². The van der Waals surface area contributed by atoms with Crippen molar-refractivity contribution in [3.63, 3.8) is 0 Å². The van der Waals surface area contributed by atoms with E-state index in [2.05, 4.69) is 133 Å². The number of pyridine rings is 1. The van der Waals surface area contributed by atoms with Crippen LogP contribution in [-0.4, -0.2) is 4.98 Å². The fourth-order valence-electron chi connectivity index (χ4n) is 5.95. The zero-order valence-electron chi connectivity index (χ0n) is 21.6. The standard InChI is InChI=1S/C37H27N/c1-24-15-20-35(30-10-4-3-9-29(24)30)37-33-13-7-5-11-31(33)36(32-12-6-8-14-34(32)37)27-18-16-26(17-19-27)28-21-22-38-25(2)23-28/h3-23H,1-2H3. The Hall–Kier alpha value is -4.75. The van der Waals surface area contributed by atoms with Gasteiger partial charge in [0.1, 0.15) is 0 Å². The second kappa shape index (κ2) is 8.97. The molecule has 1 nitrogen and oxygen atoms in total. The molecular weight excluding hydrogens is 458 g/mol. The van der Waals surface area contributed by atoms with Gasteiger partial charge in [-0.3, -0.25) is 4.98 Å². The van der Waals surface area contributed by atoms with Gasteiger partial charge in [-0.2, -0.15) is 0 Å². The third-order valence-corrected chi connectivity index (χ3v) is 7.75. The first-order chi connectivity index (χ1) is 18.7. The Kier molecular flexibility index (Phi) is 5.30. The maximum absolute atomic E-state index is 4.36. The normalized spacial score (nSPS) is 11.4. The van der Waals surface area contributed by atoms with E-state index < -0.39 is 0 Å². The van der Waals surface area contributed by atoms with Gasteiger partial charge in [0, 0.05) is 11.9 Å². The Morgan fingerprint density at radius 1 is 0.421 bits per heavy atom. The van der Waals surface area contributed by atoms with E-state index in [1.807, 2.05) is 13.1 Å². The molecule has 0 amide bonds. The van der Waals surface area contributed by atoms with Crippen molar-refractivity contribution in [3.8, 4) is 33.4 Å². The molecule has 0 saturated carbocycles. The Morgan fingerprint density at radius 3 is 1.55 bits per heavy atom. The first-order valence-electron chi connectivity index (χ1n) is 13.1. The minimum Gasteiger partial charge on any atom is -0.262 e. The van der Waals surface area contributed by atoms with Gasteiger partial charge in [-0.15, -0.1) is 0 Å². The number of aryl methyl sites for hydroxylation is 2. The highest BCUT2D eigenvalue weighted by atomic mass is 14.6. The maximum atomic E-state index is 4.36. The van der Waals surface area contributed by atoms with E-state index in [-0.39, 0.29) is 0 Å². The highest BCUT2D eigenvalue weighted by molar-refractivity contribution is 6.23. The minimum absolute atomic E-state index is 1.03. The fourth-order valence-corrected chi connectivity index (χ4v) is 5.95. The van der Waals surface area contributed by atoms with E-state index >= 15 is 0 Å². The van der Waals surface area contributed by atoms with E-state index in [1.165, 1.54) is 71.3 Å². The largest absolute Gasteiger partial charge is 0.262 e. The molecule has 0 aliphatic carbocycles. The maximum Gasteiger partial charge on any atom is 0.0378 e. The predicted molar refractivity (Wildman–Crippen MR) is 163 cm³/mol. The minimum atomic E-state index is 1.03. The van der Waals surface area contributed by atoms with Crippen LogP contribution in [0.3, 0.4) is 0 Å². The van der Waals surface area contributed by atoms with Crippen molar-refractivity contribution in [1.29, 1.82) is 0 Å². The molecule has 0 radical (unpaired) electrons. The molecule has 0 N–H and O–H groups in total. The van der Waals surface area contributed by atoms with Crippen molar-refractivity contribution in [2.24, 2.45) is 0 Å². The van der Waals surface area contributed by atoms with E-state index in [4.69, 9.17) is 0 Å². The molecule has 1 aromatic heterocycles. The highest BCUT2D eigenvalue weighted by Crippen LogP contribution is 2.45. The smallest absolute Gasteiger partial charge is 0.0378 e. The zero-order chi connectivity index (χ0) is 25.6. The molecule has 0 atom stereocenters. The van der Waals surface area contributed by atoms with Crippen molar-refractivity contribution in [3.05, 3.63) is 139 Å². The Balaban J connectivity index is 1.53. The molecule has 0 spiro atoms. The van der Waals surface area contributed by atoms with Crippen LogP contribution in [0, 0.1) is 13.8 Å². The van der Waals surface area contributed by atoms with Crippen LogP contribution in [-0.2, 0) is 0 Å². The van der Waals surface area contributed by atoms with Crippen LogP contribution < -0.4 is 0 Å². The second-order valence-corrected chi connectivity index (χ2v) is 10.1. The number of fused-ring (bicyclic) bond motifs is 3. The lowest BCUT2D eigenvalue weighted by Crippen LogP contribution is -1.92. The molecule has 7 aromatic rings. The van der Waals surface area contributed by atoms with Gasteiger partial charge in [-0.25, -0.2) is 0 Å². The Labute approximate surface area is 223 Å². The third kappa shape index (κ3) is 3.59. The molecule has 0 fully saturated rings. The number of hydrogen-bond acceptors (Lipinski definition) is 1. The number of hydrogen-bond donors (Lipinski definition) is 0. The molecule has 0 bridgehead atoms. The molecule has 180 valence electrons. The number of nitrogens with zero attached hydrogens (tertiary/aromatic N) is 1. The number of rotatable bonds is 3. The SMILES string of the molecule is Cc1cc(-c2ccc(-c3c4ccccc4c(-c4ccc(C)c5ccccc45)c4ccccc34)cc2)ccn1. The van der Waals surface area contributed by atoms with Gasteiger partial charge in [0.2, 0.25) is 0 Å². The Bertz CT molecular complexity index is 1920. The van der Waals surface area contributed by atoms with Crippen molar-refractivity contribution >= 4 is 32.3 Å². The lowest BCUT2D eigenvalue weighted by Gasteiger charge is -2.19. The van der Waals surface area contributed by atoms with Crippen LogP contribution in [0.5, 0.6) is 0 Å². The van der Waals surface area contributed by atoms with Crippen molar-refractivity contribution in [1.82, 2.24) is 4.98 Å². The molecule has 1 heterocycles. The molecule has 0 aliphatic rings. The molecule has 0 aliphatic heterocycles. The van der Waals surface area contributed by atoms with Gasteiger partial charge in [0.05, 0.1) is 0 Å². The van der Waals surface area contributed by atoms with E-state index in [1.54, 1.807) is 0 Å². The van der Waals surface area contributed by atoms with Gasteiger partial charge in [0.25, 0.3) is 0 Å². The van der Waals surface area contributed by atoms with E-state index in [9.17, 15) is 0 Å². The first-order valence-corrected chi connectivity index (χ1v) is 13.1. The van der Waals surface area contributed by atoms with E-state index in [0.29, 0.717) is 0 Å². The molecular formula is C37H27N. The fraction of sp³-hybridized carbons (Fsp3) is 0.0541. The monoisotopic (exact) mass is 485 g/mol. The Morgan fingerprint density at radius 2 is 0.947 bits per heavy atom. The van der Waals surface area contributed by atoms with Gasteiger partial charge in [0.15, 0.2) is 0 Å². The summed E-state index contributed by atoms with van der Waals surface area (Å²) in [7, 11) is 0. The summed E-state index contributed by atoms with van der Waals surface area (Å²) >= 11 is 0. The van der Waals surface area contributed by atoms with Crippen LogP contribution in [0.15, 0.2) is 128 Å². The molecule has 6 aromatic carbocycles. The quantitative estimate of drug-likeness (QED) is 0.227. The summed E-state index contributed by atoms with van der Waals surface area (Å²) in [4.78, 5) is 4.36. The molecule has 1 heteroatoms. The second-order valence-electron chi connectivity index (χ2n) is 10.1. The molecule has 7 rings (SSSR count). The summed E-state index contributed by atoms with van der Waals surface area (Å²) in [6.45, 7) is 4.23. The van der Waals surface area contributed by atoms with E-state index in [0.717, 1.165) is 5.69 Å². The van der Waals surface area contributed by atoms with Crippen LogP contribution in [0.2, 0.25) is 0 Å². The summed E-state index contributed by atoms with van der Waals surface area (Å²) in [5.41, 5.74) is 9.84. The summed E-state index contributed by atoms with van der Waals surface area (Å²) in [5, 5.41) is 7.72. The summed E-state index contributed by atoms with van der Waals surface area (Å²) in [6.07, 6.45) is 1.88. The lowest BCUT2D eigenvalue weighted by molar-refractivity contribution is 1.20. The third-order valence-electron chi connectivity index (χ3n) is 7.75. The summed E-state index contributed by atoms with van der Waals surface area (Å²) in [6, 6.07) is 44.3. The van der Waals surface area contributed by atoms with Crippen LogP contribution >= 0.6 is 0 Å².